The zero-order valence-electron chi connectivity index (χ0n) is 17.4. The van der Waals surface area contributed by atoms with Gasteiger partial charge in [0.1, 0.15) is 5.82 Å². The van der Waals surface area contributed by atoms with Gasteiger partial charge < -0.3 is 5.32 Å². The van der Waals surface area contributed by atoms with E-state index >= 15 is 0 Å². The van der Waals surface area contributed by atoms with Crippen LogP contribution in [-0.2, 0) is 11.3 Å². The first-order valence-corrected chi connectivity index (χ1v) is 10.7. The quantitative estimate of drug-likeness (QED) is 0.699. The van der Waals surface area contributed by atoms with Crippen LogP contribution in [0.4, 0.5) is 10.1 Å². The molecular formula is C22H30ClFN4O. The van der Waals surface area contributed by atoms with Crippen LogP contribution in [0.3, 0.4) is 0 Å². The maximum atomic E-state index is 13.2. The minimum atomic E-state index is -0.483. The normalized spacial score (nSPS) is 16.7. The highest BCUT2D eigenvalue weighted by Crippen LogP contribution is 2.24. The van der Waals surface area contributed by atoms with E-state index in [1.54, 1.807) is 0 Å². The first-order valence-electron chi connectivity index (χ1n) is 10.3. The summed E-state index contributed by atoms with van der Waals surface area (Å²) in [5.41, 5.74) is 2.81. The third-order valence-electron chi connectivity index (χ3n) is 5.80. The molecule has 1 fully saturated rings. The fourth-order valence-corrected chi connectivity index (χ4v) is 4.22. The predicted octanol–water partition coefficient (Wildman–Crippen LogP) is 4.81. The van der Waals surface area contributed by atoms with Gasteiger partial charge in [0, 0.05) is 23.8 Å². The minimum Gasteiger partial charge on any atom is -0.326 e. The molecule has 2 aromatic rings. The van der Waals surface area contributed by atoms with Crippen LogP contribution >= 0.6 is 11.6 Å². The number of amides is 1. The Labute approximate surface area is 177 Å². The average Bonchev–Trinajstić information content (AvgIpc) is 3.00. The van der Waals surface area contributed by atoms with Gasteiger partial charge in [0.05, 0.1) is 17.3 Å². The molecule has 0 spiro atoms. The summed E-state index contributed by atoms with van der Waals surface area (Å²) < 4.78 is 15.3. The number of piperidine rings is 1. The lowest BCUT2D eigenvalue weighted by atomic mass is 9.91. The number of anilines is 1. The third-order valence-corrected chi connectivity index (χ3v) is 6.09. The standard InChI is InChI=1S/C22H30ClFN4O/c1-15-12-16(2)28(26-15)14-17(3)27-10-8-18(9-11-27)4-7-22(29)25-19-5-6-21(24)20(23)13-19/h5-6,12-13,17-18H,4,7-11,14H2,1-3H3,(H,25,29). The molecule has 1 atom stereocenters. The van der Waals surface area contributed by atoms with Gasteiger partial charge in [0.15, 0.2) is 0 Å². The number of nitrogens with zero attached hydrogens (tertiary/aromatic N) is 3. The smallest absolute Gasteiger partial charge is 0.224 e. The molecule has 1 N–H and O–H groups in total. The summed E-state index contributed by atoms with van der Waals surface area (Å²) in [6, 6.07) is 6.80. The fraction of sp³-hybridized carbons (Fsp3) is 0.545. The van der Waals surface area contributed by atoms with Crippen LogP contribution in [0, 0.1) is 25.6 Å². The lowest BCUT2D eigenvalue weighted by Gasteiger charge is -2.36. The van der Waals surface area contributed by atoms with E-state index in [0.29, 0.717) is 24.1 Å². The van der Waals surface area contributed by atoms with Crippen molar-refractivity contribution in [3.8, 4) is 0 Å². The van der Waals surface area contributed by atoms with Crippen molar-refractivity contribution in [2.24, 2.45) is 5.92 Å². The molecule has 1 aliphatic rings. The van der Waals surface area contributed by atoms with E-state index in [0.717, 1.165) is 44.6 Å². The molecule has 3 rings (SSSR count). The first kappa shape index (κ1) is 21.8. The van der Waals surface area contributed by atoms with Gasteiger partial charge in [0.2, 0.25) is 5.91 Å². The van der Waals surface area contributed by atoms with E-state index in [4.69, 9.17) is 11.6 Å². The number of rotatable bonds is 7. The molecule has 1 aromatic heterocycles. The van der Waals surface area contributed by atoms with Crippen LogP contribution in [0.1, 0.15) is 44.0 Å². The zero-order chi connectivity index (χ0) is 21.0. The number of aryl methyl sites for hydroxylation is 2. The lowest BCUT2D eigenvalue weighted by Crippen LogP contribution is -2.42. The minimum absolute atomic E-state index is 0.0183. The Morgan fingerprint density at radius 2 is 2.03 bits per heavy atom. The lowest BCUT2D eigenvalue weighted by molar-refractivity contribution is -0.116. The molecule has 1 unspecified atom stereocenters. The second kappa shape index (κ2) is 9.72. The van der Waals surface area contributed by atoms with E-state index in [-0.39, 0.29) is 10.9 Å². The van der Waals surface area contributed by atoms with Gasteiger partial charge in [-0.2, -0.15) is 5.10 Å². The predicted molar refractivity (Wildman–Crippen MR) is 115 cm³/mol. The number of hydrogen-bond donors (Lipinski definition) is 1. The highest BCUT2D eigenvalue weighted by molar-refractivity contribution is 6.31. The Hall–Kier alpha value is -1.92. The molecule has 1 aromatic carbocycles. The topological polar surface area (TPSA) is 50.2 Å². The second-order valence-corrected chi connectivity index (χ2v) is 8.56. The zero-order valence-corrected chi connectivity index (χ0v) is 18.2. The van der Waals surface area contributed by atoms with Gasteiger partial charge in [-0.25, -0.2) is 4.39 Å². The van der Waals surface area contributed by atoms with Crippen LogP contribution in [0.25, 0.3) is 0 Å². The van der Waals surface area contributed by atoms with Crippen LogP contribution in [0.5, 0.6) is 0 Å². The molecule has 2 heterocycles. The second-order valence-electron chi connectivity index (χ2n) is 8.15. The van der Waals surface area contributed by atoms with Gasteiger partial charge in [-0.15, -0.1) is 0 Å². The number of carbonyl (C=O) groups is 1. The van der Waals surface area contributed by atoms with Gasteiger partial charge >= 0.3 is 0 Å². The molecular weight excluding hydrogens is 391 g/mol. The summed E-state index contributed by atoms with van der Waals surface area (Å²) in [5.74, 6) is 0.0335. The number of nitrogens with one attached hydrogen (secondary N) is 1. The number of carbonyl (C=O) groups excluding carboxylic acids is 1. The van der Waals surface area contributed by atoms with Crippen molar-refractivity contribution >= 4 is 23.2 Å². The van der Waals surface area contributed by atoms with Crippen molar-refractivity contribution in [1.82, 2.24) is 14.7 Å². The fourth-order valence-electron chi connectivity index (χ4n) is 4.04. The molecule has 0 bridgehead atoms. The van der Waals surface area contributed by atoms with E-state index in [9.17, 15) is 9.18 Å². The average molecular weight is 421 g/mol. The largest absolute Gasteiger partial charge is 0.326 e. The van der Waals surface area contributed by atoms with Crippen molar-refractivity contribution < 1.29 is 9.18 Å². The molecule has 1 saturated heterocycles. The van der Waals surface area contributed by atoms with Crippen LogP contribution in [0.15, 0.2) is 24.3 Å². The Bertz CT molecular complexity index is 845. The Morgan fingerprint density at radius 1 is 1.31 bits per heavy atom. The molecule has 0 saturated carbocycles. The highest BCUT2D eigenvalue weighted by atomic mass is 35.5. The monoisotopic (exact) mass is 420 g/mol. The van der Waals surface area contributed by atoms with E-state index in [1.807, 2.05) is 6.92 Å². The summed E-state index contributed by atoms with van der Waals surface area (Å²) >= 11 is 5.76. The molecule has 5 nitrogen and oxygen atoms in total. The number of halogens is 2. The SMILES string of the molecule is Cc1cc(C)n(CC(C)N2CCC(CCC(=O)Nc3ccc(F)c(Cl)c3)CC2)n1. The van der Waals surface area contributed by atoms with Gasteiger partial charge in [-0.3, -0.25) is 14.4 Å². The Kier molecular flexibility index (Phi) is 7.30. The molecule has 0 aliphatic carbocycles. The van der Waals surface area contributed by atoms with Crippen molar-refractivity contribution in [3.05, 3.63) is 46.5 Å². The molecule has 158 valence electrons. The maximum absolute atomic E-state index is 13.2. The number of hydrogen-bond acceptors (Lipinski definition) is 3. The Morgan fingerprint density at radius 3 is 2.66 bits per heavy atom. The van der Waals surface area contributed by atoms with Gasteiger partial charge in [-0.05, 0) is 83.3 Å². The van der Waals surface area contributed by atoms with Crippen molar-refractivity contribution in [1.29, 1.82) is 0 Å². The van der Waals surface area contributed by atoms with Crippen molar-refractivity contribution in [2.75, 3.05) is 18.4 Å². The Balaban J connectivity index is 1.39. The number of likely N-dealkylation sites (tertiary alicyclic amines) is 1. The molecule has 1 amide bonds. The summed E-state index contributed by atoms with van der Waals surface area (Å²) in [6.07, 6.45) is 3.57. The summed E-state index contributed by atoms with van der Waals surface area (Å²) in [4.78, 5) is 14.7. The first-order chi connectivity index (χ1) is 13.8. The summed E-state index contributed by atoms with van der Waals surface area (Å²) in [7, 11) is 0. The molecule has 7 heteroatoms. The molecule has 0 radical (unpaired) electrons. The number of benzene rings is 1. The summed E-state index contributed by atoms with van der Waals surface area (Å²) in [5, 5.41) is 7.39. The van der Waals surface area contributed by atoms with E-state index < -0.39 is 5.82 Å². The van der Waals surface area contributed by atoms with E-state index in [2.05, 4.69) is 39.9 Å². The van der Waals surface area contributed by atoms with Crippen molar-refractivity contribution in [3.63, 3.8) is 0 Å². The third kappa shape index (κ3) is 6.03. The molecule has 1 aliphatic heterocycles. The highest BCUT2D eigenvalue weighted by Gasteiger charge is 2.24. The van der Waals surface area contributed by atoms with Crippen LogP contribution in [0.2, 0.25) is 5.02 Å². The molecule has 29 heavy (non-hydrogen) atoms. The van der Waals surface area contributed by atoms with Crippen molar-refractivity contribution in [2.45, 2.75) is 59.0 Å². The van der Waals surface area contributed by atoms with E-state index in [1.165, 1.54) is 23.9 Å². The maximum Gasteiger partial charge on any atom is 0.224 e. The number of aromatic nitrogens is 2. The van der Waals surface area contributed by atoms with Gasteiger partial charge in [0.25, 0.3) is 0 Å². The van der Waals surface area contributed by atoms with Crippen LogP contribution < -0.4 is 5.32 Å². The van der Waals surface area contributed by atoms with Crippen LogP contribution in [-0.4, -0.2) is 39.7 Å². The summed E-state index contributed by atoms with van der Waals surface area (Å²) in [6.45, 7) is 9.41. The van der Waals surface area contributed by atoms with Gasteiger partial charge in [-0.1, -0.05) is 11.6 Å².